The highest BCUT2D eigenvalue weighted by Gasteiger charge is 2.06. The van der Waals surface area contributed by atoms with Crippen molar-refractivity contribution >= 4 is 22.5 Å². The summed E-state index contributed by atoms with van der Waals surface area (Å²) in [7, 11) is 0. The predicted molar refractivity (Wildman–Crippen MR) is 81.0 cm³/mol. The topological polar surface area (TPSA) is 59.5 Å². The van der Waals surface area contributed by atoms with Crippen LogP contribution in [0, 0.1) is 0 Å². The van der Waals surface area contributed by atoms with Crippen molar-refractivity contribution in [1.82, 2.24) is 9.99 Å². The molecule has 1 N–H and O–H groups in total. The Morgan fingerprint density at radius 2 is 2.10 bits per heavy atom. The molecule has 3 rings (SSSR count). The van der Waals surface area contributed by atoms with Crippen LogP contribution in [0.25, 0.3) is 10.9 Å². The molecule has 0 aliphatic heterocycles. The first-order valence-electron chi connectivity index (χ1n) is 6.65. The van der Waals surface area contributed by atoms with Crippen LogP contribution in [0.3, 0.4) is 0 Å². The fraction of sp³-hybridized carbons (Fsp3) is 0.125. The van der Waals surface area contributed by atoms with Gasteiger partial charge in [0.1, 0.15) is 18.0 Å². The number of hydrogen-bond donors (Lipinski definition) is 1. The average molecular weight is 281 g/mol. The molecule has 5 nitrogen and oxygen atoms in total. The normalized spacial score (nSPS) is 11.8. The highest BCUT2D eigenvalue weighted by molar-refractivity contribution is 5.96. The maximum absolute atomic E-state index is 12.0. The highest BCUT2D eigenvalue weighted by Crippen LogP contribution is 2.14. The van der Waals surface area contributed by atoms with Crippen LogP contribution in [0.4, 0.5) is 0 Å². The number of hydrogen-bond acceptors (Lipinski definition) is 3. The van der Waals surface area contributed by atoms with Gasteiger partial charge >= 0.3 is 0 Å². The third-order valence-electron chi connectivity index (χ3n) is 3.22. The Balaban J connectivity index is 1.68. The number of nitrogens with zero attached hydrogens (tertiary/aromatic N) is 2. The van der Waals surface area contributed by atoms with Gasteiger partial charge in [-0.05, 0) is 36.6 Å². The van der Waals surface area contributed by atoms with Gasteiger partial charge in [-0.15, -0.1) is 0 Å². The van der Waals surface area contributed by atoms with E-state index in [-0.39, 0.29) is 12.5 Å². The van der Waals surface area contributed by atoms with Gasteiger partial charge < -0.3 is 8.98 Å². The van der Waals surface area contributed by atoms with Crippen LogP contribution in [-0.4, -0.2) is 16.2 Å². The summed E-state index contributed by atoms with van der Waals surface area (Å²) < 4.78 is 7.10. The second kappa shape index (κ2) is 5.66. The van der Waals surface area contributed by atoms with Gasteiger partial charge in [-0.2, -0.15) is 5.10 Å². The van der Waals surface area contributed by atoms with Gasteiger partial charge in [0.25, 0.3) is 5.91 Å². The molecule has 1 amide bonds. The van der Waals surface area contributed by atoms with E-state index in [9.17, 15) is 4.79 Å². The van der Waals surface area contributed by atoms with Gasteiger partial charge in [-0.3, -0.25) is 4.79 Å². The second-order valence-corrected chi connectivity index (χ2v) is 4.71. The molecule has 0 aliphatic rings. The van der Waals surface area contributed by atoms with Crippen LogP contribution in [0.5, 0.6) is 0 Å². The van der Waals surface area contributed by atoms with Crippen molar-refractivity contribution in [2.24, 2.45) is 5.10 Å². The number of rotatable bonds is 4. The second-order valence-electron chi connectivity index (χ2n) is 4.71. The molecule has 0 spiro atoms. The van der Waals surface area contributed by atoms with E-state index >= 15 is 0 Å². The molecule has 0 fully saturated rings. The molecule has 0 aliphatic carbocycles. The smallest absolute Gasteiger partial charge is 0.259 e. The number of benzene rings is 1. The number of aromatic nitrogens is 1. The van der Waals surface area contributed by atoms with E-state index in [1.165, 1.54) is 0 Å². The third kappa shape index (κ3) is 2.86. The average Bonchev–Trinajstić information content (AvgIpc) is 3.15. The quantitative estimate of drug-likeness (QED) is 0.590. The Labute approximate surface area is 121 Å². The van der Waals surface area contributed by atoms with Crippen LogP contribution in [0.2, 0.25) is 0 Å². The maximum atomic E-state index is 12.0. The lowest BCUT2D eigenvalue weighted by molar-refractivity contribution is -0.121. The number of nitrogens with one attached hydrogen (secondary N) is 1. The minimum absolute atomic E-state index is 0.178. The third-order valence-corrected chi connectivity index (χ3v) is 3.22. The Morgan fingerprint density at radius 3 is 2.90 bits per heavy atom. The Hall–Kier alpha value is -2.82. The first kappa shape index (κ1) is 13.2. The van der Waals surface area contributed by atoms with E-state index in [1.807, 2.05) is 41.1 Å². The van der Waals surface area contributed by atoms with Gasteiger partial charge in [0.2, 0.25) is 0 Å². The number of hydrazone groups is 1. The molecule has 1 aromatic carbocycles. The van der Waals surface area contributed by atoms with E-state index in [2.05, 4.69) is 10.5 Å². The summed E-state index contributed by atoms with van der Waals surface area (Å²) in [5.74, 6) is 0.462. The SMILES string of the molecule is C/C(=N\NC(=O)Cn1ccc2ccccc21)c1ccco1. The molecular formula is C16H15N3O2. The molecule has 2 heterocycles. The van der Waals surface area contributed by atoms with Crippen molar-refractivity contribution in [1.29, 1.82) is 0 Å². The lowest BCUT2D eigenvalue weighted by Gasteiger charge is -2.04. The molecule has 0 bridgehead atoms. The lowest BCUT2D eigenvalue weighted by Crippen LogP contribution is -2.23. The van der Waals surface area contributed by atoms with Gasteiger partial charge in [0.05, 0.1) is 6.26 Å². The predicted octanol–water partition coefficient (Wildman–Crippen LogP) is 2.77. The molecule has 5 heteroatoms. The molecule has 0 unspecified atom stereocenters. The molecular weight excluding hydrogens is 266 g/mol. The molecule has 2 aromatic heterocycles. The van der Waals surface area contributed by atoms with Crippen molar-refractivity contribution in [3.63, 3.8) is 0 Å². The molecule has 0 saturated heterocycles. The van der Waals surface area contributed by atoms with Gasteiger partial charge in [-0.1, -0.05) is 18.2 Å². The zero-order valence-corrected chi connectivity index (χ0v) is 11.6. The first-order valence-corrected chi connectivity index (χ1v) is 6.65. The molecule has 21 heavy (non-hydrogen) atoms. The number of amides is 1. The molecule has 0 atom stereocenters. The van der Waals surface area contributed by atoms with E-state index in [0.29, 0.717) is 11.5 Å². The minimum Gasteiger partial charge on any atom is -0.463 e. The number of para-hydroxylation sites is 1. The molecule has 3 aromatic rings. The van der Waals surface area contributed by atoms with Crippen LogP contribution in [-0.2, 0) is 11.3 Å². The van der Waals surface area contributed by atoms with Crippen molar-refractivity contribution in [2.45, 2.75) is 13.5 Å². The van der Waals surface area contributed by atoms with Gasteiger partial charge in [0.15, 0.2) is 0 Å². The van der Waals surface area contributed by atoms with E-state index in [1.54, 1.807) is 25.3 Å². The monoisotopic (exact) mass is 281 g/mol. The lowest BCUT2D eigenvalue weighted by atomic mass is 10.2. The number of fused-ring (bicyclic) bond motifs is 1. The summed E-state index contributed by atoms with van der Waals surface area (Å²) in [5.41, 5.74) is 4.20. The van der Waals surface area contributed by atoms with E-state index in [0.717, 1.165) is 10.9 Å². The first-order chi connectivity index (χ1) is 10.2. The summed E-state index contributed by atoms with van der Waals surface area (Å²) in [6.07, 6.45) is 3.47. The summed E-state index contributed by atoms with van der Waals surface area (Å²) in [5, 5.41) is 5.15. The van der Waals surface area contributed by atoms with Crippen LogP contribution < -0.4 is 5.43 Å². The summed E-state index contributed by atoms with van der Waals surface area (Å²) in [6, 6.07) is 13.5. The van der Waals surface area contributed by atoms with Crippen molar-refractivity contribution in [3.8, 4) is 0 Å². The minimum atomic E-state index is -0.178. The Bertz CT molecular complexity index is 785. The fourth-order valence-corrected chi connectivity index (χ4v) is 2.15. The molecule has 0 saturated carbocycles. The standard InChI is InChI=1S/C16H15N3O2/c1-12(15-7-4-10-21-15)17-18-16(20)11-19-9-8-13-5-2-3-6-14(13)19/h2-10H,11H2,1H3,(H,18,20)/b17-12+. The van der Waals surface area contributed by atoms with Gasteiger partial charge in [-0.25, -0.2) is 5.43 Å². The van der Waals surface area contributed by atoms with Crippen LogP contribution in [0.1, 0.15) is 12.7 Å². The van der Waals surface area contributed by atoms with E-state index < -0.39 is 0 Å². The summed E-state index contributed by atoms with van der Waals surface area (Å²) in [6.45, 7) is 2.01. The number of carbonyl (C=O) groups excluding carboxylic acids is 1. The largest absolute Gasteiger partial charge is 0.463 e. The summed E-state index contributed by atoms with van der Waals surface area (Å²) in [4.78, 5) is 12.0. The highest BCUT2D eigenvalue weighted by atomic mass is 16.3. The Morgan fingerprint density at radius 1 is 1.24 bits per heavy atom. The van der Waals surface area contributed by atoms with Gasteiger partial charge in [0, 0.05) is 11.7 Å². The van der Waals surface area contributed by atoms with Crippen LogP contribution >= 0.6 is 0 Å². The zero-order chi connectivity index (χ0) is 14.7. The van der Waals surface area contributed by atoms with Crippen LogP contribution in [0.15, 0.2) is 64.4 Å². The molecule has 0 radical (unpaired) electrons. The van der Waals surface area contributed by atoms with Crippen molar-refractivity contribution in [3.05, 3.63) is 60.7 Å². The fourth-order valence-electron chi connectivity index (χ4n) is 2.15. The number of carbonyl (C=O) groups is 1. The maximum Gasteiger partial charge on any atom is 0.259 e. The van der Waals surface area contributed by atoms with Crippen molar-refractivity contribution < 1.29 is 9.21 Å². The Kier molecular flexibility index (Phi) is 3.55. The van der Waals surface area contributed by atoms with Crippen molar-refractivity contribution in [2.75, 3.05) is 0 Å². The zero-order valence-electron chi connectivity index (χ0n) is 11.6. The summed E-state index contributed by atoms with van der Waals surface area (Å²) >= 11 is 0. The number of furan rings is 1. The molecule has 106 valence electrons. The van der Waals surface area contributed by atoms with E-state index in [4.69, 9.17) is 4.42 Å².